The molecular formula is C13H21FN4. The van der Waals surface area contributed by atoms with E-state index in [-0.39, 0.29) is 5.82 Å². The lowest BCUT2D eigenvalue weighted by atomic mass is 10.2. The second-order valence-electron chi connectivity index (χ2n) is 4.81. The smallest absolute Gasteiger partial charge is 0.186 e. The first kappa shape index (κ1) is 13.2. The van der Waals surface area contributed by atoms with Gasteiger partial charge < -0.3 is 5.32 Å². The molecule has 0 aromatic carbocycles. The summed E-state index contributed by atoms with van der Waals surface area (Å²) in [6.45, 7) is 7.07. The fraction of sp³-hybridized carbons (Fsp3) is 0.692. The highest BCUT2D eigenvalue weighted by atomic mass is 19.1. The largest absolute Gasteiger partial charge is 0.366 e. The number of hydrogen-bond acceptors (Lipinski definition) is 4. The van der Waals surface area contributed by atoms with E-state index in [4.69, 9.17) is 0 Å². The van der Waals surface area contributed by atoms with Crippen molar-refractivity contribution >= 4 is 5.82 Å². The van der Waals surface area contributed by atoms with Crippen molar-refractivity contribution in [3.8, 4) is 0 Å². The highest BCUT2D eigenvalue weighted by Crippen LogP contribution is 2.15. The molecule has 1 aliphatic heterocycles. The number of rotatable bonds is 5. The van der Waals surface area contributed by atoms with Crippen LogP contribution in [0.25, 0.3) is 0 Å². The van der Waals surface area contributed by atoms with Crippen molar-refractivity contribution in [1.82, 2.24) is 14.9 Å². The number of aryl methyl sites for hydroxylation is 1. The Labute approximate surface area is 108 Å². The van der Waals surface area contributed by atoms with Crippen LogP contribution >= 0.6 is 0 Å². The molecule has 1 fully saturated rings. The summed E-state index contributed by atoms with van der Waals surface area (Å²) in [5.74, 6) is 0.0153. The summed E-state index contributed by atoms with van der Waals surface area (Å²) in [5, 5.41) is 3.10. The number of aromatic nitrogens is 2. The molecule has 1 unspecified atom stereocenters. The van der Waals surface area contributed by atoms with Gasteiger partial charge in [-0.2, -0.15) is 0 Å². The summed E-state index contributed by atoms with van der Waals surface area (Å²) < 4.78 is 13.9. The number of likely N-dealkylation sites (tertiary alicyclic amines) is 1. The Morgan fingerprint density at radius 3 is 2.78 bits per heavy atom. The number of nitrogens with zero attached hydrogens (tertiary/aromatic N) is 3. The second kappa shape index (κ2) is 6.09. The Bertz CT molecular complexity index is 391. The standard InChI is InChI=1S/C13H21FN4/c1-3-11-12(14)13(17-9-16-11)15-8-10(2)18-6-4-5-7-18/h9-10H,3-8H2,1-2H3,(H,15,16,17). The summed E-state index contributed by atoms with van der Waals surface area (Å²) in [4.78, 5) is 10.3. The van der Waals surface area contributed by atoms with Crippen LogP contribution in [0, 0.1) is 5.82 Å². The maximum atomic E-state index is 13.9. The topological polar surface area (TPSA) is 41.1 Å². The molecule has 0 aliphatic carbocycles. The molecule has 5 heteroatoms. The minimum atomic E-state index is -0.311. The van der Waals surface area contributed by atoms with Crippen molar-refractivity contribution in [2.24, 2.45) is 0 Å². The van der Waals surface area contributed by atoms with E-state index in [0.29, 0.717) is 24.0 Å². The van der Waals surface area contributed by atoms with E-state index < -0.39 is 0 Å². The second-order valence-corrected chi connectivity index (χ2v) is 4.81. The van der Waals surface area contributed by atoms with Crippen molar-refractivity contribution in [2.45, 2.75) is 39.2 Å². The van der Waals surface area contributed by atoms with Gasteiger partial charge in [0.2, 0.25) is 0 Å². The lowest BCUT2D eigenvalue weighted by molar-refractivity contribution is 0.269. The number of halogens is 1. The average Bonchev–Trinajstić information content (AvgIpc) is 2.91. The van der Waals surface area contributed by atoms with Gasteiger partial charge in [0.25, 0.3) is 0 Å². The van der Waals surface area contributed by atoms with Crippen LogP contribution in [0.15, 0.2) is 6.33 Å². The molecule has 1 saturated heterocycles. The quantitative estimate of drug-likeness (QED) is 0.871. The Hall–Kier alpha value is -1.23. The van der Waals surface area contributed by atoms with E-state index in [1.165, 1.54) is 19.2 Å². The highest BCUT2D eigenvalue weighted by Gasteiger charge is 2.18. The van der Waals surface area contributed by atoms with Gasteiger partial charge in [0.15, 0.2) is 11.6 Å². The fourth-order valence-electron chi connectivity index (χ4n) is 2.33. The zero-order chi connectivity index (χ0) is 13.0. The Morgan fingerprint density at radius 1 is 1.39 bits per heavy atom. The zero-order valence-electron chi connectivity index (χ0n) is 11.1. The molecule has 0 saturated carbocycles. The van der Waals surface area contributed by atoms with Gasteiger partial charge in [-0.15, -0.1) is 0 Å². The van der Waals surface area contributed by atoms with E-state index >= 15 is 0 Å². The first-order chi connectivity index (χ1) is 8.72. The summed E-state index contributed by atoms with van der Waals surface area (Å²) in [7, 11) is 0. The lowest BCUT2D eigenvalue weighted by Crippen LogP contribution is -2.35. The van der Waals surface area contributed by atoms with E-state index in [0.717, 1.165) is 19.6 Å². The first-order valence-electron chi connectivity index (χ1n) is 6.69. The van der Waals surface area contributed by atoms with Gasteiger partial charge in [-0.1, -0.05) is 6.92 Å². The normalized spacial score (nSPS) is 17.9. The maximum Gasteiger partial charge on any atom is 0.186 e. The maximum absolute atomic E-state index is 13.9. The van der Waals surface area contributed by atoms with Crippen molar-refractivity contribution in [3.63, 3.8) is 0 Å². The van der Waals surface area contributed by atoms with Gasteiger partial charge in [-0.05, 0) is 39.3 Å². The molecule has 1 aliphatic rings. The summed E-state index contributed by atoms with van der Waals surface area (Å²) in [6, 6.07) is 0.409. The lowest BCUT2D eigenvalue weighted by Gasteiger charge is -2.24. The zero-order valence-corrected chi connectivity index (χ0v) is 11.1. The van der Waals surface area contributed by atoms with Crippen LogP contribution in [0.3, 0.4) is 0 Å². The molecule has 1 atom stereocenters. The number of anilines is 1. The summed E-state index contributed by atoms with van der Waals surface area (Å²) >= 11 is 0. The molecule has 18 heavy (non-hydrogen) atoms. The van der Waals surface area contributed by atoms with Gasteiger partial charge in [0.05, 0.1) is 5.69 Å². The molecule has 0 bridgehead atoms. The van der Waals surface area contributed by atoms with Gasteiger partial charge in [0, 0.05) is 12.6 Å². The van der Waals surface area contributed by atoms with Crippen molar-refractivity contribution in [2.75, 3.05) is 25.0 Å². The summed E-state index contributed by atoms with van der Waals surface area (Å²) in [5.41, 5.74) is 0.473. The number of hydrogen-bond donors (Lipinski definition) is 1. The summed E-state index contributed by atoms with van der Waals surface area (Å²) in [6.07, 6.45) is 4.55. The monoisotopic (exact) mass is 252 g/mol. The molecule has 2 rings (SSSR count). The van der Waals surface area contributed by atoms with Crippen molar-refractivity contribution in [3.05, 3.63) is 17.8 Å². The average molecular weight is 252 g/mol. The Balaban J connectivity index is 1.93. The van der Waals surface area contributed by atoms with Gasteiger partial charge in [-0.3, -0.25) is 4.90 Å². The van der Waals surface area contributed by atoms with Crippen LogP contribution in [0.5, 0.6) is 0 Å². The van der Waals surface area contributed by atoms with E-state index in [1.54, 1.807) is 0 Å². The molecular weight excluding hydrogens is 231 g/mol. The first-order valence-corrected chi connectivity index (χ1v) is 6.69. The molecule has 2 heterocycles. The molecule has 1 aromatic heterocycles. The molecule has 0 amide bonds. The van der Waals surface area contributed by atoms with Gasteiger partial charge >= 0.3 is 0 Å². The van der Waals surface area contributed by atoms with Crippen LogP contribution in [0.2, 0.25) is 0 Å². The van der Waals surface area contributed by atoms with E-state index in [9.17, 15) is 4.39 Å². The minimum absolute atomic E-state index is 0.311. The Kier molecular flexibility index (Phi) is 4.47. The molecule has 0 spiro atoms. The van der Waals surface area contributed by atoms with Crippen LogP contribution < -0.4 is 5.32 Å². The molecule has 1 aromatic rings. The third kappa shape index (κ3) is 2.96. The molecule has 0 radical (unpaired) electrons. The van der Waals surface area contributed by atoms with Crippen LogP contribution in [0.4, 0.5) is 10.2 Å². The van der Waals surface area contributed by atoms with Gasteiger partial charge in [-0.25, -0.2) is 14.4 Å². The molecule has 100 valence electrons. The highest BCUT2D eigenvalue weighted by molar-refractivity contribution is 5.37. The third-order valence-corrected chi connectivity index (χ3v) is 3.53. The van der Waals surface area contributed by atoms with Gasteiger partial charge in [0.1, 0.15) is 6.33 Å². The van der Waals surface area contributed by atoms with E-state index in [1.807, 2.05) is 6.92 Å². The molecule has 1 N–H and O–H groups in total. The van der Waals surface area contributed by atoms with Crippen molar-refractivity contribution in [1.29, 1.82) is 0 Å². The SMILES string of the molecule is CCc1ncnc(NCC(C)N2CCCC2)c1F. The number of nitrogens with one attached hydrogen (secondary N) is 1. The van der Waals surface area contributed by atoms with Crippen LogP contribution in [0.1, 0.15) is 32.4 Å². The van der Waals surface area contributed by atoms with Crippen LogP contribution in [-0.2, 0) is 6.42 Å². The Morgan fingerprint density at radius 2 is 2.11 bits per heavy atom. The predicted octanol–water partition coefficient (Wildman–Crippen LogP) is 2.07. The van der Waals surface area contributed by atoms with Crippen molar-refractivity contribution < 1.29 is 4.39 Å². The minimum Gasteiger partial charge on any atom is -0.366 e. The van der Waals surface area contributed by atoms with Crippen LogP contribution in [-0.4, -0.2) is 40.5 Å². The fourth-order valence-corrected chi connectivity index (χ4v) is 2.33. The van der Waals surface area contributed by atoms with E-state index in [2.05, 4.69) is 27.1 Å². The predicted molar refractivity (Wildman–Crippen MR) is 70.1 cm³/mol. The molecule has 4 nitrogen and oxygen atoms in total. The third-order valence-electron chi connectivity index (χ3n) is 3.53.